The van der Waals surface area contributed by atoms with Crippen LogP contribution in [0.3, 0.4) is 0 Å². The Morgan fingerprint density at radius 1 is 1.62 bits per heavy atom. The summed E-state index contributed by atoms with van der Waals surface area (Å²) < 4.78 is 5.21. The van der Waals surface area contributed by atoms with E-state index in [9.17, 15) is 0 Å². The van der Waals surface area contributed by atoms with Crippen LogP contribution in [-0.2, 0) is 4.74 Å². The van der Waals surface area contributed by atoms with Crippen molar-refractivity contribution in [2.75, 3.05) is 13.2 Å². The van der Waals surface area contributed by atoms with Crippen molar-refractivity contribution in [2.45, 2.75) is 26.2 Å². The summed E-state index contributed by atoms with van der Waals surface area (Å²) in [4.78, 5) is 0. The molecular formula is C7H14O. The Bertz CT molecular complexity index is 55.4. The molecule has 0 aromatic carbocycles. The largest absolute Gasteiger partial charge is 0.381 e. The lowest BCUT2D eigenvalue weighted by atomic mass is 10.0. The molecule has 0 aromatic rings. The van der Waals surface area contributed by atoms with Gasteiger partial charge in [0.25, 0.3) is 0 Å². The normalized spacial score (nSPS) is 28.9. The number of hydrogen-bond donors (Lipinski definition) is 0. The van der Waals surface area contributed by atoms with Crippen LogP contribution in [0.25, 0.3) is 0 Å². The van der Waals surface area contributed by atoms with E-state index in [1.54, 1.807) is 0 Å². The van der Waals surface area contributed by atoms with Gasteiger partial charge in [-0.05, 0) is 18.8 Å². The zero-order chi connectivity index (χ0) is 5.82. The van der Waals surface area contributed by atoms with Gasteiger partial charge in [-0.3, -0.25) is 0 Å². The molecule has 1 nitrogen and oxygen atoms in total. The van der Waals surface area contributed by atoms with Crippen LogP contribution in [-0.4, -0.2) is 13.2 Å². The Balaban J connectivity index is 2.06. The van der Waals surface area contributed by atoms with Crippen LogP contribution in [0.4, 0.5) is 0 Å². The molecule has 0 unspecified atom stereocenters. The summed E-state index contributed by atoms with van der Waals surface area (Å²) in [6, 6.07) is 0. The summed E-state index contributed by atoms with van der Waals surface area (Å²) in [5.74, 6) is 0.889. The van der Waals surface area contributed by atoms with E-state index in [-0.39, 0.29) is 0 Å². The summed E-state index contributed by atoms with van der Waals surface area (Å²) in [5.41, 5.74) is 0. The van der Waals surface area contributed by atoms with Gasteiger partial charge in [0.05, 0.1) is 0 Å². The molecule has 48 valence electrons. The van der Waals surface area contributed by atoms with Gasteiger partial charge in [0.1, 0.15) is 0 Å². The molecule has 1 aliphatic rings. The minimum absolute atomic E-state index is 0.889. The monoisotopic (exact) mass is 114 g/mol. The van der Waals surface area contributed by atoms with E-state index in [4.69, 9.17) is 4.74 Å². The van der Waals surface area contributed by atoms with Gasteiger partial charge >= 0.3 is 0 Å². The SMILES string of the molecule is CCC[C@@H]1CCOC1. The molecule has 0 bridgehead atoms. The Kier molecular flexibility index (Phi) is 2.34. The number of ether oxygens (including phenoxy) is 1. The van der Waals surface area contributed by atoms with Crippen molar-refractivity contribution in [2.24, 2.45) is 5.92 Å². The lowest BCUT2D eigenvalue weighted by Gasteiger charge is -2.01. The van der Waals surface area contributed by atoms with Crippen LogP contribution in [0.5, 0.6) is 0 Å². The fraction of sp³-hybridized carbons (Fsp3) is 1.00. The van der Waals surface area contributed by atoms with E-state index < -0.39 is 0 Å². The fourth-order valence-electron chi connectivity index (χ4n) is 1.22. The van der Waals surface area contributed by atoms with Crippen molar-refractivity contribution in [3.8, 4) is 0 Å². The van der Waals surface area contributed by atoms with Crippen LogP contribution in [0.15, 0.2) is 0 Å². The molecule has 1 saturated heterocycles. The fourth-order valence-corrected chi connectivity index (χ4v) is 1.22. The third-order valence-electron chi connectivity index (χ3n) is 1.72. The molecule has 0 radical (unpaired) electrons. The highest BCUT2D eigenvalue weighted by Crippen LogP contribution is 2.16. The minimum atomic E-state index is 0.889. The van der Waals surface area contributed by atoms with Gasteiger partial charge < -0.3 is 4.74 Å². The van der Waals surface area contributed by atoms with Crippen LogP contribution in [0, 0.1) is 5.92 Å². The number of hydrogen-bond acceptors (Lipinski definition) is 1. The van der Waals surface area contributed by atoms with Gasteiger partial charge in [0.2, 0.25) is 0 Å². The standard InChI is InChI=1S/C7H14O/c1-2-3-7-4-5-8-6-7/h7H,2-6H2,1H3/t7-/m1/s1. The molecule has 1 atom stereocenters. The van der Waals surface area contributed by atoms with E-state index >= 15 is 0 Å². The molecule has 1 aliphatic heterocycles. The van der Waals surface area contributed by atoms with Crippen LogP contribution >= 0.6 is 0 Å². The zero-order valence-electron chi connectivity index (χ0n) is 5.52. The van der Waals surface area contributed by atoms with Crippen molar-refractivity contribution in [1.29, 1.82) is 0 Å². The molecule has 0 amide bonds. The minimum Gasteiger partial charge on any atom is -0.381 e. The van der Waals surface area contributed by atoms with Gasteiger partial charge in [0, 0.05) is 13.2 Å². The van der Waals surface area contributed by atoms with E-state index in [0.717, 1.165) is 19.1 Å². The van der Waals surface area contributed by atoms with Crippen LogP contribution in [0.1, 0.15) is 26.2 Å². The van der Waals surface area contributed by atoms with Crippen molar-refractivity contribution in [1.82, 2.24) is 0 Å². The van der Waals surface area contributed by atoms with Crippen molar-refractivity contribution in [3.63, 3.8) is 0 Å². The molecule has 1 heteroatoms. The van der Waals surface area contributed by atoms with Crippen LogP contribution in [0.2, 0.25) is 0 Å². The maximum absolute atomic E-state index is 5.21. The Morgan fingerprint density at radius 3 is 3.00 bits per heavy atom. The Hall–Kier alpha value is -0.0400. The average Bonchev–Trinajstić information content (AvgIpc) is 2.19. The predicted molar refractivity (Wildman–Crippen MR) is 33.8 cm³/mol. The van der Waals surface area contributed by atoms with E-state index in [0.29, 0.717) is 0 Å². The van der Waals surface area contributed by atoms with Crippen molar-refractivity contribution >= 4 is 0 Å². The molecule has 0 aliphatic carbocycles. The molecule has 0 spiro atoms. The highest BCUT2D eigenvalue weighted by Gasteiger charge is 2.13. The summed E-state index contributed by atoms with van der Waals surface area (Å²) >= 11 is 0. The van der Waals surface area contributed by atoms with E-state index in [1.165, 1.54) is 19.3 Å². The lowest BCUT2D eigenvalue weighted by Crippen LogP contribution is -1.96. The first-order chi connectivity index (χ1) is 3.93. The highest BCUT2D eigenvalue weighted by atomic mass is 16.5. The maximum Gasteiger partial charge on any atom is 0.0495 e. The Labute approximate surface area is 51.0 Å². The molecular weight excluding hydrogens is 100 g/mol. The third-order valence-corrected chi connectivity index (χ3v) is 1.72. The Morgan fingerprint density at radius 2 is 2.50 bits per heavy atom. The van der Waals surface area contributed by atoms with E-state index in [1.807, 2.05) is 0 Å². The second kappa shape index (κ2) is 3.08. The smallest absolute Gasteiger partial charge is 0.0495 e. The third kappa shape index (κ3) is 1.48. The van der Waals surface area contributed by atoms with Gasteiger partial charge in [-0.2, -0.15) is 0 Å². The summed E-state index contributed by atoms with van der Waals surface area (Å²) in [6.45, 7) is 4.26. The summed E-state index contributed by atoms with van der Waals surface area (Å²) in [7, 11) is 0. The van der Waals surface area contributed by atoms with Crippen LogP contribution < -0.4 is 0 Å². The predicted octanol–water partition coefficient (Wildman–Crippen LogP) is 1.82. The molecule has 1 rings (SSSR count). The number of rotatable bonds is 2. The highest BCUT2D eigenvalue weighted by molar-refractivity contribution is 4.62. The zero-order valence-corrected chi connectivity index (χ0v) is 5.52. The topological polar surface area (TPSA) is 9.23 Å². The van der Waals surface area contributed by atoms with Gasteiger partial charge in [0.15, 0.2) is 0 Å². The molecule has 0 aromatic heterocycles. The van der Waals surface area contributed by atoms with Crippen molar-refractivity contribution < 1.29 is 4.74 Å². The molecule has 0 N–H and O–H groups in total. The first kappa shape index (κ1) is 6.09. The first-order valence-electron chi connectivity index (χ1n) is 3.51. The summed E-state index contributed by atoms with van der Waals surface area (Å²) in [5, 5.41) is 0. The van der Waals surface area contributed by atoms with Crippen molar-refractivity contribution in [3.05, 3.63) is 0 Å². The molecule has 1 heterocycles. The van der Waals surface area contributed by atoms with Gasteiger partial charge in [-0.1, -0.05) is 13.3 Å². The second-order valence-electron chi connectivity index (χ2n) is 2.52. The van der Waals surface area contributed by atoms with E-state index in [2.05, 4.69) is 6.92 Å². The first-order valence-corrected chi connectivity index (χ1v) is 3.51. The average molecular weight is 114 g/mol. The molecule has 1 fully saturated rings. The maximum atomic E-state index is 5.21. The molecule has 8 heavy (non-hydrogen) atoms. The second-order valence-corrected chi connectivity index (χ2v) is 2.52. The molecule has 0 saturated carbocycles. The van der Waals surface area contributed by atoms with Gasteiger partial charge in [-0.25, -0.2) is 0 Å². The van der Waals surface area contributed by atoms with Gasteiger partial charge in [-0.15, -0.1) is 0 Å². The quantitative estimate of drug-likeness (QED) is 0.532. The summed E-state index contributed by atoms with van der Waals surface area (Å²) in [6.07, 6.45) is 3.97. The lowest BCUT2D eigenvalue weighted by molar-refractivity contribution is 0.184.